The van der Waals surface area contributed by atoms with Crippen molar-refractivity contribution < 1.29 is 18.7 Å². The van der Waals surface area contributed by atoms with Crippen LogP contribution in [0.1, 0.15) is 16.8 Å². The SMILES string of the molecule is COC(=O)NC1CCN(C(=O)c2cc(Cl)ccc2F)C1. The lowest BCUT2D eigenvalue weighted by Gasteiger charge is -2.17. The molecular weight excluding hydrogens is 287 g/mol. The molecule has 7 heteroatoms. The van der Waals surface area contributed by atoms with Gasteiger partial charge in [0.1, 0.15) is 5.82 Å². The summed E-state index contributed by atoms with van der Waals surface area (Å²) in [5.74, 6) is -1.04. The molecule has 20 heavy (non-hydrogen) atoms. The van der Waals surface area contributed by atoms with Crippen molar-refractivity contribution in [1.29, 1.82) is 0 Å². The molecule has 5 nitrogen and oxygen atoms in total. The smallest absolute Gasteiger partial charge is 0.407 e. The summed E-state index contributed by atoms with van der Waals surface area (Å²) >= 11 is 5.77. The fourth-order valence-electron chi connectivity index (χ4n) is 2.12. The third-order valence-corrected chi connectivity index (χ3v) is 3.38. The Morgan fingerprint density at radius 1 is 1.50 bits per heavy atom. The second kappa shape index (κ2) is 6.09. The van der Waals surface area contributed by atoms with Crippen molar-refractivity contribution in [3.8, 4) is 0 Å². The standard InChI is InChI=1S/C13H14ClFN2O3/c1-20-13(19)16-9-4-5-17(7-9)12(18)10-6-8(14)2-3-11(10)15/h2-3,6,9H,4-5,7H2,1H3,(H,16,19). The molecule has 0 spiro atoms. The molecule has 2 amide bonds. The number of nitrogens with zero attached hydrogens (tertiary/aromatic N) is 1. The van der Waals surface area contributed by atoms with Gasteiger partial charge >= 0.3 is 6.09 Å². The van der Waals surface area contributed by atoms with Crippen LogP contribution in [0.25, 0.3) is 0 Å². The summed E-state index contributed by atoms with van der Waals surface area (Å²) in [6.07, 6.45) is 0.0569. The lowest BCUT2D eigenvalue weighted by atomic mass is 10.2. The summed E-state index contributed by atoms with van der Waals surface area (Å²) in [5, 5.41) is 2.92. The van der Waals surface area contributed by atoms with Gasteiger partial charge in [-0.25, -0.2) is 9.18 Å². The van der Waals surface area contributed by atoms with Crippen molar-refractivity contribution in [2.45, 2.75) is 12.5 Å². The third kappa shape index (κ3) is 3.19. The number of halogens is 2. The highest BCUT2D eigenvalue weighted by Gasteiger charge is 2.29. The number of ether oxygens (including phenoxy) is 1. The molecule has 1 aromatic rings. The van der Waals surface area contributed by atoms with E-state index < -0.39 is 17.8 Å². The Kier molecular flexibility index (Phi) is 4.44. The highest BCUT2D eigenvalue weighted by Crippen LogP contribution is 2.19. The van der Waals surface area contributed by atoms with Crippen molar-refractivity contribution in [1.82, 2.24) is 10.2 Å². The quantitative estimate of drug-likeness (QED) is 0.909. The summed E-state index contributed by atoms with van der Waals surface area (Å²) in [6, 6.07) is 3.67. The van der Waals surface area contributed by atoms with Gasteiger partial charge in [-0.3, -0.25) is 4.79 Å². The van der Waals surface area contributed by atoms with Gasteiger partial charge in [0.25, 0.3) is 5.91 Å². The molecular formula is C13H14ClFN2O3. The van der Waals surface area contributed by atoms with Crippen molar-refractivity contribution in [2.75, 3.05) is 20.2 Å². The Labute approximate surface area is 120 Å². The number of carbonyl (C=O) groups excluding carboxylic acids is 2. The van der Waals surface area contributed by atoms with E-state index in [9.17, 15) is 14.0 Å². The summed E-state index contributed by atoms with van der Waals surface area (Å²) in [5.41, 5.74) is -0.0591. The minimum Gasteiger partial charge on any atom is -0.453 e. The molecule has 1 atom stereocenters. The minimum absolute atomic E-state index is 0.0591. The number of carbonyl (C=O) groups is 2. The molecule has 1 aromatic carbocycles. The zero-order valence-electron chi connectivity index (χ0n) is 10.9. The number of rotatable bonds is 2. The molecule has 1 saturated heterocycles. The van der Waals surface area contributed by atoms with E-state index in [-0.39, 0.29) is 11.6 Å². The number of nitrogens with one attached hydrogen (secondary N) is 1. The molecule has 0 radical (unpaired) electrons. The van der Waals surface area contributed by atoms with Crippen LogP contribution in [-0.4, -0.2) is 43.1 Å². The second-order valence-electron chi connectivity index (χ2n) is 4.50. The molecule has 1 heterocycles. The van der Waals surface area contributed by atoms with Crippen molar-refractivity contribution in [3.05, 3.63) is 34.6 Å². The van der Waals surface area contributed by atoms with Crippen LogP contribution >= 0.6 is 11.6 Å². The van der Waals surface area contributed by atoms with E-state index in [1.807, 2.05) is 0 Å². The number of likely N-dealkylation sites (tertiary alicyclic amines) is 1. The monoisotopic (exact) mass is 300 g/mol. The maximum atomic E-state index is 13.6. The lowest BCUT2D eigenvalue weighted by Crippen LogP contribution is -2.38. The van der Waals surface area contributed by atoms with Gasteiger partial charge in [-0.2, -0.15) is 0 Å². The van der Waals surface area contributed by atoms with Gasteiger partial charge in [0.15, 0.2) is 0 Å². The number of hydrogen-bond donors (Lipinski definition) is 1. The molecule has 0 aliphatic carbocycles. The van der Waals surface area contributed by atoms with Gasteiger partial charge in [0.05, 0.1) is 18.7 Å². The molecule has 1 unspecified atom stereocenters. The van der Waals surface area contributed by atoms with E-state index in [2.05, 4.69) is 10.1 Å². The first-order valence-electron chi connectivity index (χ1n) is 6.10. The molecule has 1 N–H and O–H groups in total. The number of methoxy groups -OCH3 is 1. The van der Waals surface area contributed by atoms with Gasteiger partial charge in [0, 0.05) is 18.1 Å². The average molecular weight is 301 g/mol. The van der Waals surface area contributed by atoms with Crippen LogP contribution in [0, 0.1) is 5.82 Å². The summed E-state index contributed by atoms with van der Waals surface area (Å²) in [6.45, 7) is 0.763. The van der Waals surface area contributed by atoms with Crippen molar-refractivity contribution in [3.63, 3.8) is 0 Å². The maximum absolute atomic E-state index is 13.6. The van der Waals surface area contributed by atoms with E-state index in [0.717, 1.165) is 6.07 Å². The molecule has 1 aliphatic rings. The number of hydrogen-bond acceptors (Lipinski definition) is 3. The molecule has 2 rings (SSSR count). The van der Waals surface area contributed by atoms with Gasteiger partial charge < -0.3 is 15.0 Å². The van der Waals surface area contributed by atoms with E-state index in [1.54, 1.807) is 0 Å². The fourth-order valence-corrected chi connectivity index (χ4v) is 2.29. The normalized spacial score (nSPS) is 17.9. The number of amides is 2. The first-order chi connectivity index (χ1) is 9.51. The van der Waals surface area contributed by atoms with Crippen molar-refractivity contribution in [2.24, 2.45) is 0 Å². The third-order valence-electron chi connectivity index (χ3n) is 3.14. The highest BCUT2D eigenvalue weighted by atomic mass is 35.5. The Hall–Kier alpha value is -1.82. The van der Waals surface area contributed by atoms with Crippen LogP contribution in [0.5, 0.6) is 0 Å². The van der Waals surface area contributed by atoms with Gasteiger partial charge in [-0.05, 0) is 24.6 Å². The van der Waals surface area contributed by atoms with Gasteiger partial charge in [-0.15, -0.1) is 0 Å². The van der Waals surface area contributed by atoms with Gasteiger partial charge in [0.2, 0.25) is 0 Å². The Bertz CT molecular complexity index is 538. The first kappa shape index (κ1) is 14.6. The summed E-state index contributed by atoms with van der Waals surface area (Å²) in [4.78, 5) is 24.8. The van der Waals surface area contributed by atoms with Crippen LogP contribution in [0.2, 0.25) is 5.02 Å². The maximum Gasteiger partial charge on any atom is 0.407 e. The topological polar surface area (TPSA) is 58.6 Å². The Morgan fingerprint density at radius 3 is 2.95 bits per heavy atom. The zero-order valence-corrected chi connectivity index (χ0v) is 11.6. The molecule has 0 aromatic heterocycles. The second-order valence-corrected chi connectivity index (χ2v) is 4.93. The van der Waals surface area contributed by atoms with Crippen LogP contribution in [-0.2, 0) is 4.74 Å². The highest BCUT2D eigenvalue weighted by molar-refractivity contribution is 6.31. The largest absolute Gasteiger partial charge is 0.453 e. The minimum atomic E-state index is -0.608. The fraction of sp³-hybridized carbons (Fsp3) is 0.385. The van der Waals surface area contributed by atoms with E-state index in [0.29, 0.717) is 24.5 Å². The van der Waals surface area contributed by atoms with E-state index >= 15 is 0 Å². The summed E-state index contributed by atoms with van der Waals surface area (Å²) < 4.78 is 18.1. The number of benzene rings is 1. The molecule has 1 aliphatic heterocycles. The van der Waals surface area contributed by atoms with Crippen LogP contribution in [0.15, 0.2) is 18.2 Å². The zero-order chi connectivity index (χ0) is 14.7. The average Bonchev–Trinajstić information content (AvgIpc) is 2.89. The first-order valence-corrected chi connectivity index (χ1v) is 6.48. The van der Waals surface area contributed by atoms with Crippen molar-refractivity contribution >= 4 is 23.6 Å². The molecule has 108 valence electrons. The van der Waals surface area contributed by atoms with E-state index in [1.165, 1.54) is 24.1 Å². The van der Waals surface area contributed by atoms with Crippen LogP contribution in [0.3, 0.4) is 0 Å². The van der Waals surface area contributed by atoms with E-state index in [4.69, 9.17) is 11.6 Å². The van der Waals surface area contributed by atoms with Gasteiger partial charge in [-0.1, -0.05) is 11.6 Å². The Balaban J connectivity index is 2.04. The van der Waals surface area contributed by atoms with Crippen LogP contribution in [0.4, 0.5) is 9.18 Å². The predicted molar refractivity (Wildman–Crippen MR) is 71.3 cm³/mol. The Morgan fingerprint density at radius 2 is 2.25 bits per heavy atom. The molecule has 1 fully saturated rings. The predicted octanol–water partition coefficient (Wildman–Crippen LogP) is 2.05. The lowest BCUT2D eigenvalue weighted by molar-refractivity contribution is 0.0783. The molecule has 0 saturated carbocycles. The number of alkyl carbamates (subject to hydrolysis) is 1. The summed E-state index contributed by atoms with van der Waals surface area (Å²) in [7, 11) is 1.27. The molecule has 0 bridgehead atoms. The van der Waals surface area contributed by atoms with Crippen LogP contribution < -0.4 is 5.32 Å².